The number of rotatable bonds is 25. The van der Waals surface area contributed by atoms with Gasteiger partial charge in [-0.1, -0.05) is 97.1 Å². The van der Waals surface area contributed by atoms with Crippen LogP contribution in [-0.4, -0.2) is 118 Å². The van der Waals surface area contributed by atoms with Gasteiger partial charge in [0.15, 0.2) is 0 Å². The molecule has 2 amide bonds. The highest BCUT2D eigenvalue weighted by molar-refractivity contribution is 5.80. The smallest absolute Gasteiger partial charge is 0.407 e. The van der Waals surface area contributed by atoms with Crippen LogP contribution in [0.3, 0.4) is 0 Å². The van der Waals surface area contributed by atoms with Crippen molar-refractivity contribution in [2.24, 2.45) is 0 Å². The summed E-state index contributed by atoms with van der Waals surface area (Å²) in [4.78, 5) is 24.5. The van der Waals surface area contributed by atoms with Crippen molar-refractivity contribution >= 4 is 12.2 Å². The molecule has 56 heavy (non-hydrogen) atoms. The molecule has 0 saturated carbocycles. The summed E-state index contributed by atoms with van der Waals surface area (Å²) in [6.07, 6.45) is -0.914. The fourth-order valence-electron chi connectivity index (χ4n) is 6.95. The quantitative estimate of drug-likeness (QED) is 0.0756. The van der Waals surface area contributed by atoms with E-state index in [1.165, 1.54) is 44.5 Å². The molecule has 2 aliphatic carbocycles. The number of benzene rings is 4. The Morgan fingerprint density at radius 2 is 0.625 bits per heavy atom. The Bertz CT molecular complexity index is 1600. The summed E-state index contributed by atoms with van der Waals surface area (Å²) in [6.45, 7) is 6.41. The second-order valence-electron chi connectivity index (χ2n) is 13.2. The summed E-state index contributed by atoms with van der Waals surface area (Å²) in [5.74, 6) is 0.0638. The van der Waals surface area contributed by atoms with E-state index in [-0.39, 0.29) is 25.0 Å². The number of carbonyl (C=O) groups excluding carboxylic acids is 2. The molecule has 298 valence electrons. The normalized spacial score (nSPS) is 12.8. The van der Waals surface area contributed by atoms with Gasteiger partial charge in [-0.2, -0.15) is 0 Å². The highest BCUT2D eigenvalue weighted by Gasteiger charge is 2.30. The number of alkyl carbamates (subject to hydrolysis) is 2. The Morgan fingerprint density at radius 3 is 0.911 bits per heavy atom. The molecule has 0 spiro atoms. The molecule has 4 aromatic carbocycles. The molecular formula is C44H52N2O10. The van der Waals surface area contributed by atoms with E-state index in [0.29, 0.717) is 92.4 Å². The van der Waals surface area contributed by atoms with Gasteiger partial charge >= 0.3 is 12.2 Å². The van der Waals surface area contributed by atoms with Gasteiger partial charge in [-0.15, -0.1) is 0 Å². The van der Waals surface area contributed by atoms with Crippen LogP contribution in [0.2, 0.25) is 0 Å². The molecule has 12 nitrogen and oxygen atoms in total. The summed E-state index contributed by atoms with van der Waals surface area (Å²) < 4.78 is 44.2. The van der Waals surface area contributed by atoms with Crippen LogP contribution in [0, 0.1) is 0 Å². The monoisotopic (exact) mass is 768 g/mol. The predicted molar refractivity (Wildman–Crippen MR) is 211 cm³/mol. The minimum absolute atomic E-state index is 0.0319. The van der Waals surface area contributed by atoms with Crippen LogP contribution < -0.4 is 10.6 Å². The van der Waals surface area contributed by atoms with Crippen molar-refractivity contribution in [1.29, 1.82) is 0 Å². The molecule has 0 aliphatic heterocycles. The first-order valence-corrected chi connectivity index (χ1v) is 19.3. The van der Waals surface area contributed by atoms with Crippen molar-refractivity contribution in [2.45, 2.75) is 11.8 Å². The minimum Gasteiger partial charge on any atom is -0.449 e. The SMILES string of the molecule is O=C(NCCOCCOCCOCCOCCOCCOCCNC(=O)OCC1c2ccccc2-c2ccccc21)OCC1c2ccccc2-c2ccccc21. The molecule has 0 atom stereocenters. The topological polar surface area (TPSA) is 132 Å². The molecule has 0 radical (unpaired) electrons. The van der Waals surface area contributed by atoms with E-state index in [4.69, 9.17) is 37.9 Å². The van der Waals surface area contributed by atoms with E-state index in [1.807, 2.05) is 48.5 Å². The van der Waals surface area contributed by atoms with Crippen molar-refractivity contribution in [3.8, 4) is 22.3 Å². The van der Waals surface area contributed by atoms with Gasteiger partial charge in [0.05, 0.1) is 79.3 Å². The number of hydrogen-bond acceptors (Lipinski definition) is 10. The van der Waals surface area contributed by atoms with Gasteiger partial charge in [0.1, 0.15) is 13.2 Å². The summed E-state index contributed by atoms with van der Waals surface area (Å²) in [6, 6.07) is 33.0. The summed E-state index contributed by atoms with van der Waals surface area (Å²) in [7, 11) is 0. The van der Waals surface area contributed by atoms with Gasteiger partial charge in [-0.05, 0) is 44.5 Å². The second kappa shape index (κ2) is 22.7. The van der Waals surface area contributed by atoms with Crippen LogP contribution >= 0.6 is 0 Å². The maximum absolute atomic E-state index is 12.3. The van der Waals surface area contributed by atoms with Gasteiger partial charge in [0.25, 0.3) is 0 Å². The highest BCUT2D eigenvalue weighted by Crippen LogP contribution is 2.45. The van der Waals surface area contributed by atoms with Crippen LogP contribution in [0.4, 0.5) is 9.59 Å². The van der Waals surface area contributed by atoms with Crippen LogP contribution in [-0.2, 0) is 37.9 Å². The van der Waals surface area contributed by atoms with Crippen molar-refractivity contribution in [3.05, 3.63) is 119 Å². The lowest BCUT2D eigenvalue weighted by atomic mass is 9.98. The number of nitrogens with one attached hydrogen (secondary N) is 2. The molecule has 4 aromatic rings. The Labute approximate surface area is 328 Å². The van der Waals surface area contributed by atoms with Crippen molar-refractivity contribution in [1.82, 2.24) is 10.6 Å². The summed E-state index contributed by atoms with van der Waals surface area (Å²) in [5, 5.41) is 5.49. The lowest BCUT2D eigenvalue weighted by molar-refractivity contribution is -0.0164. The minimum atomic E-state index is -0.457. The molecule has 2 aliphatic rings. The number of fused-ring (bicyclic) bond motifs is 6. The van der Waals surface area contributed by atoms with Gasteiger partial charge in [-0.3, -0.25) is 0 Å². The first-order valence-electron chi connectivity index (χ1n) is 19.3. The van der Waals surface area contributed by atoms with Crippen LogP contribution in [0.1, 0.15) is 34.1 Å². The summed E-state index contributed by atoms with van der Waals surface area (Å²) >= 11 is 0. The number of ether oxygens (including phenoxy) is 8. The molecule has 0 fully saturated rings. The number of hydrogen-bond donors (Lipinski definition) is 2. The maximum atomic E-state index is 12.3. The average molecular weight is 769 g/mol. The van der Waals surface area contributed by atoms with Crippen molar-refractivity contribution < 1.29 is 47.5 Å². The van der Waals surface area contributed by atoms with Crippen LogP contribution in [0.25, 0.3) is 22.3 Å². The summed E-state index contributed by atoms with van der Waals surface area (Å²) in [5.41, 5.74) is 9.52. The van der Waals surface area contributed by atoms with Crippen LogP contribution in [0.5, 0.6) is 0 Å². The van der Waals surface area contributed by atoms with Crippen LogP contribution in [0.15, 0.2) is 97.1 Å². The Kier molecular flexibility index (Phi) is 16.5. The fraction of sp³-hybridized carbons (Fsp3) is 0.409. The van der Waals surface area contributed by atoms with E-state index in [2.05, 4.69) is 59.2 Å². The van der Waals surface area contributed by atoms with Gasteiger partial charge < -0.3 is 48.5 Å². The van der Waals surface area contributed by atoms with Gasteiger partial charge in [-0.25, -0.2) is 9.59 Å². The molecule has 2 N–H and O–H groups in total. The Balaban J connectivity index is 0.657. The standard InChI is InChI=1S/C44H52N2O10/c47-43(55-31-41-37-13-5-1-9-33(37)34-10-2-6-14-38(34)41)45-17-19-49-21-23-51-25-27-53-29-30-54-28-26-52-24-22-50-20-18-46-44(48)56-32-42-39-15-7-3-11-35(39)36-12-4-8-16-40(36)42/h1-16,41-42H,17-32H2,(H,45,47)(H,46,48). The van der Waals surface area contributed by atoms with E-state index in [1.54, 1.807) is 0 Å². The first-order chi connectivity index (χ1) is 27.7. The van der Waals surface area contributed by atoms with E-state index in [0.717, 1.165) is 0 Å². The predicted octanol–water partition coefficient (Wildman–Crippen LogP) is 6.16. The lowest BCUT2D eigenvalue weighted by Gasteiger charge is -2.14. The zero-order valence-corrected chi connectivity index (χ0v) is 31.8. The van der Waals surface area contributed by atoms with Gasteiger partial charge in [0.2, 0.25) is 0 Å². The average Bonchev–Trinajstić information content (AvgIpc) is 3.73. The fourth-order valence-corrected chi connectivity index (χ4v) is 6.95. The molecule has 0 aromatic heterocycles. The van der Waals surface area contributed by atoms with Crippen molar-refractivity contribution in [3.63, 3.8) is 0 Å². The van der Waals surface area contributed by atoms with Crippen molar-refractivity contribution in [2.75, 3.05) is 106 Å². The lowest BCUT2D eigenvalue weighted by Crippen LogP contribution is -2.29. The third-order valence-corrected chi connectivity index (χ3v) is 9.58. The molecule has 6 rings (SSSR count). The zero-order valence-electron chi connectivity index (χ0n) is 31.8. The van der Waals surface area contributed by atoms with E-state index < -0.39 is 12.2 Å². The Morgan fingerprint density at radius 1 is 0.375 bits per heavy atom. The maximum Gasteiger partial charge on any atom is 0.407 e. The third kappa shape index (κ3) is 11.8. The molecule has 0 saturated heterocycles. The number of carbonyl (C=O) groups is 2. The van der Waals surface area contributed by atoms with E-state index >= 15 is 0 Å². The zero-order chi connectivity index (χ0) is 38.6. The molecule has 0 unspecified atom stereocenters. The second-order valence-corrected chi connectivity index (χ2v) is 13.2. The molecular weight excluding hydrogens is 716 g/mol. The molecule has 12 heteroatoms. The first kappa shape index (κ1) is 40.8. The largest absolute Gasteiger partial charge is 0.449 e. The molecule has 0 bridgehead atoms. The third-order valence-electron chi connectivity index (χ3n) is 9.58. The Hall–Kier alpha value is -4.82. The highest BCUT2D eigenvalue weighted by atomic mass is 16.6. The van der Waals surface area contributed by atoms with E-state index in [9.17, 15) is 9.59 Å². The van der Waals surface area contributed by atoms with Gasteiger partial charge in [0, 0.05) is 24.9 Å². The number of amides is 2. The molecule has 0 heterocycles.